The number of benzene rings is 2. The molecule has 0 fully saturated rings. The van der Waals surface area contributed by atoms with E-state index < -0.39 is 11.0 Å². The molecule has 1 aromatic heterocycles. The third-order valence-corrected chi connectivity index (χ3v) is 6.42. The molecule has 0 bridgehead atoms. The number of carbonyl (C=O) groups excluding carboxylic acids is 2. The van der Waals surface area contributed by atoms with Crippen LogP contribution in [0.3, 0.4) is 0 Å². The number of nitro benzene ring substituents is 1. The molecule has 3 aromatic rings. The molecule has 0 spiro atoms. The van der Waals surface area contributed by atoms with Crippen LogP contribution in [-0.2, 0) is 9.59 Å². The summed E-state index contributed by atoms with van der Waals surface area (Å²) in [6, 6.07) is 16.7. The largest absolute Gasteiger partial charge is 0.467 e. The Balaban J connectivity index is 1.66. The minimum absolute atomic E-state index is 0.00271. The van der Waals surface area contributed by atoms with Gasteiger partial charge in [0.25, 0.3) is 5.69 Å². The Hall–Kier alpha value is -4.20. The van der Waals surface area contributed by atoms with Crippen molar-refractivity contribution in [2.45, 2.75) is 38.1 Å². The van der Waals surface area contributed by atoms with Crippen LogP contribution in [0.5, 0.6) is 0 Å². The highest BCUT2D eigenvalue weighted by Crippen LogP contribution is 2.47. The number of non-ortho nitro benzene ring substituents is 1. The van der Waals surface area contributed by atoms with E-state index in [2.05, 4.69) is 5.32 Å². The van der Waals surface area contributed by atoms with Crippen molar-refractivity contribution < 1.29 is 18.9 Å². The number of rotatable bonds is 4. The molecule has 1 aliphatic carbocycles. The second-order valence-electron chi connectivity index (χ2n) is 8.45. The van der Waals surface area contributed by atoms with E-state index in [1.165, 1.54) is 18.4 Å². The maximum atomic E-state index is 13.7. The van der Waals surface area contributed by atoms with Crippen LogP contribution in [0.4, 0.5) is 17.1 Å². The van der Waals surface area contributed by atoms with Gasteiger partial charge < -0.3 is 9.73 Å². The van der Waals surface area contributed by atoms with Crippen molar-refractivity contribution in [1.82, 2.24) is 0 Å². The van der Waals surface area contributed by atoms with E-state index in [0.29, 0.717) is 29.1 Å². The lowest BCUT2D eigenvalue weighted by Gasteiger charge is -2.33. The molecule has 1 aliphatic heterocycles. The summed E-state index contributed by atoms with van der Waals surface area (Å²) in [7, 11) is 0. The number of ketones is 1. The van der Waals surface area contributed by atoms with Gasteiger partial charge in [-0.05, 0) is 42.2 Å². The number of para-hydroxylation sites is 2. The van der Waals surface area contributed by atoms with Gasteiger partial charge in [0, 0.05) is 36.2 Å². The number of allylic oxidation sites excluding steroid dienone is 1. The number of amides is 1. The van der Waals surface area contributed by atoms with Crippen LogP contribution in [0.2, 0.25) is 0 Å². The average Bonchev–Trinajstić information content (AvgIpc) is 3.33. The van der Waals surface area contributed by atoms with Crippen LogP contribution in [0.15, 0.2) is 82.6 Å². The van der Waals surface area contributed by atoms with Gasteiger partial charge in [-0.3, -0.25) is 24.6 Å². The van der Waals surface area contributed by atoms with Gasteiger partial charge in [0.05, 0.1) is 22.6 Å². The van der Waals surface area contributed by atoms with Crippen LogP contribution in [-0.4, -0.2) is 16.6 Å². The lowest BCUT2D eigenvalue weighted by molar-refractivity contribution is -0.384. The fourth-order valence-corrected chi connectivity index (χ4v) is 4.88. The summed E-state index contributed by atoms with van der Waals surface area (Å²) in [6.07, 6.45) is 2.46. The topological polar surface area (TPSA) is 106 Å². The molecule has 34 heavy (non-hydrogen) atoms. The predicted molar refractivity (Wildman–Crippen MR) is 126 cm³/mol. The molecule has 0 saturated carbocycles. The first-order valence-corrected chi connectivity index (χ1v) is 11.2. The first-order chi connectivity index (χ1) is 16.5. The van der Waals surface area contributed by atoms with E-state index in [9.17, 15) is 19.7 Å². The number of carbonyl (C=O) groups is 2. The number of nitro groups is 1. The molecule has 2 aromatic carbocycles. The zero-order chi connectivity index (χ0) is 23.8. The maximum Gasteiger partial charge on any atom is 0.269 e. The highest BCUT2D eigenvalue weighted by molar-refractivity contribution is 6.06. The summed E-state index contributed by atoms with van der Waals surface area (Å²) in [5.74, 6) is 0.0396. The van der Waals surface area contributed by atoms with Crippen molar-refractivity contribution in [3.63, 3.8) is 0 Å². The van der Waals surface area contributed by atoms with E-state index in [4.69, 9.17) is 4.42 Å². The summed E-state index contributed by atoms with van der Waals surface area (Å²) in [5.41, 5.74) is 3.33. The van der Waals surface area contributed by atoms with E-state index in [-0.39, 0.29) is 36.1 Å². The zero-order valence-corrected chi connectivity index (χ0v) is 18.6. The lowest BCUT2D eigenvalue weighted by atomic mass is 9.79. The van der Waals surface area contributed by atoms with Gasteiger partial charge >= 0.3 is 0 Å². The summed E-state index contributed by atoms with van der Waals surface area (Å²) in [4.78, 5) is 39.4. The highest BCUT2D eigenvalue weighted by atomic mass is 16.6. The van der Waals surface area contributed by atoms with Crippen LogP contribution in [0.25, 0.3) is 0 Å². The Morgan fingerprint density at radius 2 is 1.97 bits per heavy atom. The van der Waals surface area contributed by atoms with E-state index in [1.54, 1.807) is 30.0 Å². The fraction of sp³-hybridized carbons (Fsp3) is 0.231. The molecule has 5 rings (SSSR count). The van der Waals surface area contributed by atoms with Crippen LogP contribution < -0.4 is 10.2 Å². The Kier molecular flexibility index (Phi) is 5.49. The van der Waals surface area contributed by atoms with Gasteiger partial charge in [0.1, 0.15) is 11.8 Å². The van der Waals surface area contributed by atoms with E-state index >= 15 is 0 Å². The second-order valence-corrected chi connectivity index (χ2v) is 8.45. The molecule has 0 saturated heterocycles. The van der Waals surface area contributed by atoms with Crippen molar-refractivity contribution >= 4 is 28.8 Å². The first kappa shape index (κ1) is 21.6. The zero-order valence-electron chi connectivity index (χ0n) is 18.6. The highest BCUT2D eigenvalue weighted by Gasteiger charge is 2.42. The fourth-order valence-electron chi connectivity index (χ4n) is 4.88. The van der Waals surface area contributed by atoms with Gasteiger partial charge in [-0.15, -0.1) is 0 Å². The molecule has 2 aliphatic rings. The van der Waals surface area contributed by atoms with Crippen LogP contribution in [0, 0.1) is 10.1 Å². The van der Waals surface area contributed by atoms with E-state index in [0.717, 1.165) is 11.3 Å². The molecular weight excluding hydrogens is 434 g/mol. The predicted octanol–water partition coefficient (Wildman–Crippen LogP) is 5.50. The summed E-state index contributed by atoms with van der Waals surface area (Å²) in [5, 5.41) is 14.7. The molecule has 2 atom stereocenters. The molecular formula is C26H23N3O5. The minimum Gasteiger partial charge on any atom is -0.467 e. The smallest absolute Gasteiger partial charge is 0.269 e. The number of fused-ring (bicyclic) bond motifs is 1. The summed E-state index contributed by atoms with van der Waals surface area (Å²) in [6.45, 7) is 1.79. The SMILES string of the molecule is CCC(=O)N1c2ccccc2NC2=C(C(=O)C[C@@H](c3cccc([N+](=O)[O-])c3)C2)[C@@H]1c1ccco1. The molecule has 8 nitrogen and oxygen atoms in total. The van der Waals surface area contributed by atoms with Crippen molar-refractivity contribution in [1.29, 1.82) is 0 Å². The second kappa shape index (κ2) is 8.62. The minimum atomic E-state index is -0.702. The van der Waals surface area contributed by atoms with Crippen molar-refractivity contribution in [3.8, 4) is 0 Å². The summed E-state index contributed by atoms with van der Waals surface area (Å²) < 4.78 is 5.74. The Labute approximate surface area is 196 Å². The molecule has 0 radical (unpaired) electrons. The Bertz CT molecular complexity index is 1310. The van der Waals surface area contributed by atoms with Gasteiger partial charge in [-0.1, -0.05) is 31.2 Å². The molecule has 1 N–H and O–H groups in total. The van der Waals surface area contributed by atoms with Crippen LogP contribution in [0.1, 0.15) is 49.5 Å². The van der Waals surface area contributed by atoms with Crippen molar-refractivity contribution in [3.05, 3.63) is 99.6 Å². The Morgan fingerprint density at radius 1 is 1.15 bits per heavy atom. The molecule has 172 valence electrons. The number of furan rings is 1. The first-order valence-electron chi connectivity index (χ1n) is 11.2. The van der Waals surface area contributed by atoms with E-state index in [1.807, 2.05) is 30.3 Å². The monoisotopic (exact) mass is 457 g/mol. The normalized spacial score (nSPS) is 19.7. The third-order valence-electron chi connectivity index (χ3n) is 6.42. The van der Waals surface area contributed by atoms with Gasteiger partial charge in [-0.25, -0.2) is 0 Å². The molecule has 8 heteroatoms. The summed E-state index contributed by atoms with van der Waals surface area (Å²) >= 11 is 0. The van der Waals surface area contributed by atoms with Gasteiger partial charge in [0.15, 0.2) is 5.78 Å². The number of anilines is 2. The van der Waals surface area contributed by atoms with Gasteiger partial charge in [0.2, 0.25) is 5.91 Å². The lowest BCUT2D eigenvalue weighted by Crippen LogP contribution is -2.38. The third kappa shape index (κ3) is 3.67. The Morgan fingerprint density at radius 3 is 2.71 bits per heavy atom. The van der Waals surface area contributed by atoms with Crippen molar-refractivity contribution in [2.24, 2.45) is 0 Å². The standard InChI is InChI=1S/C26H23N3O5/c1-2-24(31)28-21-10-4-3-9-19(21)27-20-14-17(16-7-5-8-18(13-16)29(32)33)15-22(30)25(20)26(28)23-11-6-12-34-23/h3-13,17,26-27H,2,14-15H2,1H3/t17-,26-/m0/s1. The molecule has 1 amide bonds. The quantitative estimate of drug-likeness (QED) is 0.410. The van der Waals surface area contributed by atoms with Gasteiger partial charge in [-0.2, -0.15) is 0 Å². The number of nitrogens with one attached hydrogen (secondary N) is 1. The maximum absolute atomic E-state index is 13.7. The molecule has 2 heterocycles. The number of Topliss-reactive ketones (excluding diaryl/α,β-unsaturated/α-hetero) is 1. The number of hydrogen-bond acceptors (Lipinski definition) is 6. The average molecular weight is 457 g/mol. The number of nitrogens with zero attached hydrogens (tertiary/aromatic N) is 2. The molecule has 0 unspecified atom stereocenters. The number of hydrogen-bond donors (Lipinski definition) is 1. The van der Waals surface area contributed by atoms with Crippen LogP contribution >= 0.6 is 0 Å². The van der Waals surface area contributed by atoms with Crippen molar-refractivity contribution in [2.75, 3.05) is 10.2 Å².